The van der Waals surface area contributed by atoms with Gasteiger partial charge in [-0.25, -0.2) is 4.98 Å². The van der Waals surface area contributed by atoms with Crippen LogP contribution >= 0.6 is 15.9 Å². The van der Waals surface area contributed by atoms with E-state index in [1.807, 2.05) is 37.3 Å². The minimum absolute atomic E-state index is 0.805. The Kier molecular flexibility index (Phi) is 4.62. The van der Waals surface area contributed by atoms with Crippen LogP contribution in [0.1, 0.15) is 25.5 Å². The van der Waals surface area contributed by atoms with Crippen molar-refractivity contribution < 1.29 is 0 Å². The molecule has 2 aromatic rings. The van der Waals surface area contributed by atoms with Gasteiger partial charge in [-0.15, -0.1) is 0 Å². The van der Waals surface area contributed by atoms with Crippen LogP contribution in [0.2, 0.25) is 0 Å². The van der Waals surface area contributed by atoms with Crippen LogP contribution in [0.25, 0.3) is 0 Å². The molecule has 3 rings (SSSR count). The van der Waals surface area contributed by atoms with Gasteiger partial charge in [0.1, 0.15) is 5.82 Å². The summed E-state index contributed by atoms with van der Waals surface area (Å²) in [5.74, 6) is 2.48. The van der Waals surface area contributed by atoms with Crippen molar-refractivity contribution in [1.29, 1.82) is 0 Å². The number of piperidine rings is 1. The number of hydrogen-bond donors (Lipinski definition) is 1. The highest BCUT2D eigenvalue weighted by Gasteiger charge is 2.18. The number of rotatable bonds is 3. The van der Waals surface area contributed by atoms with Crippen molar-refractivity contribution in [3.63, 3.8) is 0 Å². The Morgan fingerprint density at radius 3 is 2.64 bits per heavy atom. The number of anilines is 3. The summed E-state index contributed by atoms with van der Waals surface area (Å²) in [4.78, 5) is 11.6. The molecular weight excluding hydrogens is 340 g/mol. The summed E-state index contributed by atoms with van der Waals surface area (Å²) < 4.78 is 1.03. The quantitative estimate of drug-likeness (QED) is 0.872. The topological polar surface area (TPSA) is 41.1 Å². The molecule has 4 nitrogen and oxygen atoms in total. The first-order valence-electron chi connectivity index (χ1n) is 7.74. The number of benzene rings is 1. The SMILES string of the molecule is Cc1cc(Nc2ccccc2Br)nc(N2CCC(C)CC2)n1. The number of para-hydroxylation sites is 1. The minimum atomic E-state index is 0.805. The Hall–Kier alpha value is -1.62. The average Bonchev–Trinajstić information content (AvgIpc) is 2.50. The van der Waals surface area contributed by atoms with Crippen LogP contribution in [0.15, 0.2) is 34.8 Å². The molecule has 1 fully saturated rings. The van der Waals surface area contributed by atoms with Gasteiger partial charge in [0.25, 0.3) is 0 Å². The highest BCUT2D eigenvalue weighted by Crippen LogP contribution is 2.26. The summed E-state index contributed by atoms with van der Waals surface area (Å²) in [5.41, 5.74) is 2.00. The molecule has 0 bridgehead atoms. The summed E-state index contributed by atoms with van der Waals surface area (Å²) >= 11 is 3.56. The third-order valence-corrected chi connectivity index (χ3v) is 4.74. The second-order valence-electron chi connectivity index (χ2n) is 5.97. The third kappa shape index (κ3) is 3.58. The van der Waals surface area contributed by atoms with Crippen LogP contribution in [-0.2, 0) is 0 Å². The molecule has 1 N–H and O–H groups in total. The Morgan fingerprint density at radius 1 is 1.18 bits per heavy atom. The molecular formula is C17H21BrN4. The maximum atomic E-state index is 4.70. The maximum absolute atomic E-state index is 4.70. The normalized spacial score (nSPS) is 15.9. The van der Waals surface area contributed by atoms with Gasteiger partial charge in [0.15, 0.2) is 0 Å². The molecule has 0 aliphatic carbocycles. The monoisotopic (exact) mass is 360 g/mol. The number of nitrogens with zero attached hydrogens (tertiary/aromatic N) is 3. The van der Waals surface area contributed by atoms with Gasteiger partial charge in [0.2, 0.25) is 5.95 Å². The lowest BCUT2D eigenvalue weighted by molar-refractivity contribution is 0.434. The lowest BCUT2D eigenvalue weighted by atomic mass is 10.00. The van der Waals surface area contributed by atoms with E-state index in [1.54, 1.807) is 0 Å². The molecule has 1 aliphatic rings. The Labute approximate surface area is 140 Å². The minimum Gasteiger partial charge on any atom is -0.341 e. The van der Waals surface area contributed by atoms with Crippen molar-refractivity contribution in [2.24, 2.45) is 5.92 Å². The molecule has 5 heteroatoms. The van der Waals surface area contributed by atoms with Crippen molar-refractivity contribution in [2.45, 2.75) is 26.7 Å². The van der Waals surface area contributed by atoms with Crippen LogP contribution in [0.5, 0.6) is 0 Å². The molecule has 1 aromatic carbocycles. The predicted octanol–water partition coefficient (Wildman–Crippen LogP) is 4.53. The van der Waals surface area contributed by atoms with Crippen LogP contribution in [-0.4, -0.2) is 23.1 Å². The summed E-state index contributed by atoms with van der Waals surface area (Å²) in [6.45, 7) is 6.41. The zero-order chi connectivity index (χ0) is 15.5. The molecule has 1 aromatic heterocycles. The van der Waals surface area contributed by atoms with Gasteiger partial charge in [-0.05, 0) is 53.7 Å². The number of halogens is 1. The van der Waals surface area contributed by atoms with Gasteiger partial charge in [-0.2, -0.15) is 4.98 Å². The first-order valence-corrected chi connectivity index (χ1v) is 8.53. The van der Waals surface area contributed by atoms with Gasteiger partial charge in [0, 0.05) is 29.3 Å². The molecule has 2 heterocycles. The second-order valence-corrected chi connectivity index (χ2v) is 6.82. The second kappa shape index (κ2) is 6.65. The molecule has 116 valence electrons. The molecule has 0 amide bonds. The van der Waals surface area contributed by atoms with E-state index < -0.39 is 0 Å². The van der Waals surface area contributed by atoms with Crippen LogP contribution in [0, 0.1) is 12.8 Å². The number of hydrogen-bond acceptors (Lipinski definition) is 4. The van der Waals surface area contributed by atoms with E-state index in [2.05, 4.69) is 38.1 Å². The number of aryl methyl sites for hydroxylation is 1. The molecule has 0 saturated carbocycles. The first-order chi connectivity index (χ1) is 10.6. The Bertz CT molecular complexity index is 651. The van der Waals surface area contributed by atoms with Crippen molar-refractivity contribution >= 4 is 33.4 Å². The largest absolute Gasteiger partial charge is 0.341 e. The fraction of sp³-hybridized carbons (Fsp3) is 0.412. The van der Waals surface area contributed by atoms with Gasteiger partial charge >= 0.3 is 0 Å². The third-order valence-electron chi connectivity index (χ3n) is 4.05. The summed E-state index contributed by atoms with van der Waals surface area (Å²) in [5, 5.41) is 3.38. The van der Waals surface area contributed by atoms with Crippen molar-refractivity contribution in [1.82, 2.24) is 9.97 Å². The van der Waals surface area contributed by atoms with E-state index in [0.717, 1.165) is 46.6 Å². The highest BCUT2D eigenvalue weighted by molar-refractivity contribution is 9.10. The molecule has 0 radical (unpaired) electrons. The summed E-state index contributed by atoms with van der Waals surface area (Å²) in [6, 6.07) is 10.0. The summed E-state index contributed by atoms with van der Waals surface area (Å²) in [6.07, 6.45) is 2.43. The zero-order valence-electron chi connectivity index (χ0n) is 13.0. The van der Waals surface area contributed by atoms with Crippen molar-refractivity contribution in [2.75, 3.05) is 23.3 Å². The molecule has 0 unspecified atom stereocenters. The van der Waals surface area contributed by atoms with Crippen LogP contribution < -0.4 is 10.2 Å². The Balaban J connectivity index is 1.82. The van der Waals surface area contributed by atoms with E-state index in [0.29, 0.717) is 0 Å². The van der Waals surface area contributed by atoms with Gasteiger partial charge < -0.3 is 10.2 Å². The lowest BCUT2D eigenvalue weighted by Crippen LogP contribution is -2.34. The summed E-state index contributed by atoms with van der Waals surface area (Å²) in [7, 11) is 0. The van der Waals surface area contributed by atoms with Gasteiger partial charge in [-0.3, -0.25) is 0 Å². The maximum Gasteiger partial charge on any atom is 0.227 e. The standard InChI is InChI=1S/C17H21BrN4/c1-12-7-9-22(10-8-12)17-19-13(2)11-16(21-17)20-15-6-4-3-5-14(15)18/h3-6,11-12H,7-10H2,1-2H3,(H,19,20,21). The van der Waals surface area contributed by atoms with Crippen molar-refractivity contribution in [3.8, 4) is 0 Å². The lowest BCUT2D eigenvalue weighted by Gasteiger charge is -2.30. The van der Waals surface area contributed by atoms with E-state index in [1.165, 1.54) is 12.8 Å². The molecule has 0 spiro atoms. The number of nitrogens with one attached hydrogen (secondary N) is 1. The van der Waals surface area contributed by atoms with Crippen LogP contribution in [0.3, 0.4) is 0 Å². The van der Waals surface area contributed by atoms with E-state index in [-0.39, 0.29) is 0 Å². The smallest absolute Gasteiger partial charge is 0.227 e. The van der Waals surface area contributed by atoms with E-state index in [9.17, 15) is 0 Å². The molecule has 0 atom stereocenters. The highest BCUT2D eigenvalue weighted by atomic mass is 79.9. The van der Waals surface area contributed by atoms with Gasteiger partial charge in [0.05, 0.1) is 5.69 Å². The van der Waals surface area contributed by atoms with E-state index >= 15 is 0 Å². The average molecular weight is 361 g/mol. The van der Waals surface area contributed by atoms with Crippen molar-refractivity contribution in [3.05, 3.63) is 40.5 Å². The van der Waals surface area contributed by atoms with E-state index in [4.69, 9.17) is 4.98 Å². The van der Waals surface area contributed by atoms with Gasteiger partial charge in [-0.1, -0.05) is 19.1 Å². The number of aromatic nitrogens is 2. The molecule has 1 saturated heterocycles. The predicted molar refractivity (Wildman–Crippen MR) is 94.8 cm³/mol. The zero-order valence-corrected chi connectivity index (χ0v) is 14.6. The molecule has 1 aliphatic heterocycles. The first kappa shape index (κ1) is 15.3. The fourth-order valence-corrected chi connectivity index (χ4v) is 3.05. The van der Waals surface area contributed by atoms with Crippen LogP contribution in [0.4, 0.5) is 17.5 Å². The Morgan fingerprint density at radius 2 is 1.91 bits per heavy atom. The molecule has 22 heavy (non-hydrogen) atoms. The fourth-order valence-electron chi connectivity index (χ4n) is 2.67.